The second kappa shape index (κ2) is 4.89. The van der Waals surface area contributed by atoms with E-state index in [1.807, 2.05) is 23.7 Å². The van der Waals surface area contributed by atoms with Gasteiger partial charge in [0, 0.05) is 29.4 Å². The standard InChI is InChI=1S/C13H15N5S/c1-8(13-15-2-3-19-13)6-16-12-5-11-9(4-10(12)14)7-17-18-11/h2-5,7-8,16H,6,14H2,1H3,(H,17,18). The number of hydrogen-bond donors (Lipinski definition) is 3. The van der Waals surface area contributed by atoms with Crippen molar-refractivity contribution in [2.24, 2.45) is 0 Å². The van der Waals surface area contributed by atoms with Crippen molar-refractivity contribution < 1.29 is 0 Å². The molecule has 19 heavy (non-hydrogen) atoms. The Hall–Kier alpha value is -2.08. The highest BCUT2D eigenvalue weighted by atomic mass is 32.1. The van der Waals surface area contributed by atoms with E-state index in [2.05, 4.69) is 27.4 Å². The minimum Gasteiger partial charge on any atom is -0.397 e. The van der Waals surface area contributed by atoms with E-state index in [0.717, 1.165) is 33.8 Å². The molecule has 0 fully saturated rings. The third kappa shape index (κ3) is 2.39. The molecule has 2 heterocycles. The van der Waals surface area contributed by atoms with Gasteiger partial charge in [0.15, 0.2) is 0 Å². The lowest BCUT2D eigenvalue weighted by molar-refractivity contribution is 0.795. The zero-order valence-corrected chi connectivity index (χ0v) is 11.4. The van der Waals surface area contributed by atoms with Crippen molar-refractivity contribution in [3.8, 4) is 0 Å². The van der Waals surface area contributed by atoms with Crippen LogP contribution in [0.25, 0.3) is 10.9 Å². The van der Waals surface area contributed by atoms with Gasteiger partial charge in [-0.25, -0.2) is 4.98 Å². The molecule has 5 nitrogen and oxygen atoms in total. The number of aromatic nitrogens is 3. The van der Waals surface area contributed by atoms with Crippen LogP contribution in [0, 0.1) is 0 Å². The smallest absolute Gasteiger partial charge is 0.0970 e. The lowest BCUT2D eigenvalue weighted by Gasteiger charge is -2.13. The summed E-state index contributed by atoms with van der Waals surface area (Å²) < 4.78 is 0. The summed E-state index contributed by atoms with van der Waals surface area (Å²) in [5, 5.41) is 14.5. The summed E-state index contributed by atoms with van der Waals surface area (Å²) in [7, 11) is 0. The molecule has 6 heteroatoms. The van der Waals surface area contributed by atoms with Crippen LogP contribution in [0.4, 0.5) is 11.4 Å². The topological polar surface area (TPSA) is 79.6 Å². The second-order valence-electron chi connectivity index (χ2n) is 4.55. The lowest BCUT2D eigenvalue weighted by atomic mass is 10.1. The largest absolute Gasteiger partial charge is 0.397 e. The summed E-state index contributed by atoms with van der Waals surface area (Å²) in [5.74, 6) is 0.358. The average molecular weight is 273 g/mol. The predicted octanol–water partition coefficient (Wildman–Crippen LogP) is 2.82. The molecule has 1 unspecified atom stereocenters. The summed E-state index contributed by atoms with van der Waals surface area (Å²) in [6, 6.07) is 3.92. The Labute approximate surface area is 114 Å². The van der Waals surface area contributed by atoms with E-state index in [1.165, 1.54) is 0 Å². The third-order valence-electron chi connectivity index (χ3n) is 3.08. The van der Waals surface area contributed by atoms with Crippen LogP contribution in [0.5, 0.6) is 0 Å². The summed E-state index contributed by atoms with van der Waals surface area (Å²) in [4.78, 5) is 4.32. The monoisotopic (exact) mass is 273 g/mol. The number of benzene rings is 1. The van der Waals surface area contributed by atoms with Crippen LogP contribution >= 0.6 is 11.3 Å². The van der Waals surface area contributed by atoms with E-state index in [1.54, 1.807) is 17.5 Å². The Balaban J connectivity index is 1.76. The molecule has 1 aromatic carbocycles. The Bertz CT molecular complexity index is 673. The second-order valence-corrected chi connectivity index (χ2v) is 5.48. The average Bonchev–Trinajstić information content (AvgIpc) is 3.06. The van der Waals surface area contributed by atoms with Gasteiger partial charge in [-0.3, -0.25) is 5.10 Å². The first-order chi connectivity index (χ1) is 9.24. The molecule has 0 amide bonds. The summed E-state index contributed by atoms with van der Waals surface area (Å²) in [6.07, 6.45) is 3.61. The maximum atomic E-state index is 6.03. The molecule has 2 aromatic heterocycles. The molecule has 0 bridgehead atoms. The van der Waals surface area contributed by atoms with Gasteiger partial charge in [-0.05, 0) is 12.1 Å². The van der Waals surface area contributed by atoms with Crippen molar-refractivity contribution in [2.75, 3.05) is 17.6 Å². The molecular formula is C13H15N5S. The number of rotatable bonds is 4. The number of nitrogens with one attached hydrogen (secondary N) is 2. The maximum Gasteiger partial charge on any atom is 0.0970 e. The normalized spacial score (nSPS) is 12.7. The Morgan fingerprint density at radius 2 is 2.37 bits per heavy atom. The summed E-state index contributed by atoms with van der Waals surface area (Å²) in [5.41, 5.74) is 8.69. The van der Waals surface area contributed by atoms with Gasteiger partial charge in [0.2, 0.25) is 0 Å². The van der Waals surface area contributed by atoms with Crippen molar-refractivity contribution in [3.05, 3.63) is 34.9 Å². The third-order valence-corrected chi connectivity index (χ3v) is 4.09. The zero-order chi connectivity index (χ0) is 13.2. The van der Waals surface area contributed by atoms with Crippen molar-refractivity contribution in [2.45, 2.75) is 12.8 Å². The van der Waals surface area contributed by atoms with Gasteiger partial charge in [0.05, 0.1) is 28.1 Å². The number of H-pyrrole nitrogens is 1. The molecular weight excluding hydrogens is 258 g/mol. The number of nitrogens with zero attached hydrogens (tertiary/aromatic N) is 2. The molecule has 3 aromatic rings. The molecule has 0 aliphatic carbocycles. The number of aromatic amines is 1. The number of nitrogens with two attached hydrogens (primary N) is 1. The van der Waals surface area contributed by atoms with Crippen LogP contribution in [0.3, 0.4) is 0 Å². The summed E-state index contributed by atoms with van der Waals surface area (Å²) in [6.45, 7) is 2.95. The first-order valence-corrected chi connectivity index (χ1v) is 6.98. The van der Waals surface area contributed by atoms with Gasteiger partial charge in [0.1, 0.15) is 0 Å². The molecule has 1 atom stereocenters. The molecule has 0 saturated carbocycles. The summed E-state index contributed by atoms with van der Waals surface area (Å²) >= 11 is 1.68. The molecule has 0 spiro atoms. The number of fused-ring (bicyclic) bond motifs is 1. The van der Waals surface area contributed by atoms with Crippen LogP contribution in [0.2, 0.25) is 0 Å². The molecule has 0 aliphatic heterocycles. The van der Waals surface area contributed by atoms with E-state index < -0.39 is 0 Å². The fraction of sp³-hybridized carbons (Fsp3) is 0.231. The van der Waals surface area contributed by atoms with E-state index in [0.29, 0.717) is 5.92 Å². The molecule has 3 rings (SSSR count). The van der Waals surface area contributed by atoms with Gasteiger partial charge in [-0.15, -0.1) is 11.3 Å². The molecule has 4 N–H and O–H groups in total. The fourth-order valence-corrected chi connectivity index (χ4v) is 2.69. The minimum atomic E-state index is 0.358. The minimum absolute atomic E-state index is 0.358. The van der Waals surface area contributed by atoms with Crippen LogP contribution in [-0.2, 0) is 0 Å². The Kier molecular flexibility index (Phi) is 3.08. The lowest BCUT2D eigenvalue weighted by Crippen LogP contribution is -2.10. The van der Waals surface area contributed by atoms with Crippen molar-refractivity contribution >= 4 is 33.6 Å². The predicted molar refractivity (Wildman–Crippen MR) is 79.5 cm³/mol. The van der Waals surface area contributed by atoms with Gasteiger partial charge < -0.3 is 11.1 Å². The fourth-order valence-electron chi connectivity index (χ4n) is 1.99. The van der Waals surface area contributed by atoms with Crippen LogP contribution < -0.4 is 11.1 Å². The highest BCUT2D eigenvalue weighted by molar-refractivity contribution is 7.09. The van der Waals surface area contributed by atoms with E-state index in [-0.39, 0.29) is 0 Å². The number of nitrogen functional groups attached to an aromatic ring is 1. The first kappa shape index (κ1) is 12.0. The van der Waals surface area contributed by atoms with Crippen molar-refractivity contribution in [1.29, 1.82) is 0 Å². The quantitative estimate of drug-likeness (QED) is 0.639. The molecule has 0 saturated heterocycles. The highest BCUT2D eigenvalue weighted by Crippen LogP contribution is 2.26. The highest BCUT2D eigenvalue weighted by Gasteiger charge is 2.09. The van der Waals surface area contributed by atoms with Gasteiger partial charge in [-0.2, -0.15) is 5.10 Å². The first-order valence-electron chi connectivity index (χ1n) is 6.10. The zero-order valence-electron chi connectivity index (χ0n) is 10.6. The SMILES string of the molecule is CC(CNc1cc2[nH]ncc2cc1N)c1nccs1. The number of anilines is 2. The Morgan fingerprint density at radius 1 is 1.47 bits per heavy atom. The molecule has 98 valence electrons. The van der Waals surface area contributed by atoms with Crippen molar-refractivity contribution in [3.63, 3.8) is 0 Å². The van der Waals surface area contributed by atoms with Gasteiger partial charge in [-0.1, -0.05) is 6.92 Å². The van der Waals surface area contributed by atoms with Gasteiger partial charge >= 0.3 is 0 Å². The maximum absolute atomic E-state index is 6.03. The number of thiazole rings is 1. The van der Waals surface area contributed by atoms with E-state index >= 15 is 0 Å². The van der Waals surface area contributed by atoms with Crippen molar-refractivity contribution in [1.82, 2.24) is 15.2 Å². The number of hydrogen-bond acceptors (Lipinski definition) is 5. The molecule has 0 radical (unpaired) electrons. The molecule has 0 aliphatic rings. The van der Waals surface area contributed by atoms with Gasteiger partial charge in [0.25, 0.3) is 0 Å². The van der Waals surface area contributed by atoms with E-state index in [9.17, 15) is 0 Å². The van der Waals surface area contributed by atoms with E-state index in [4.69, 9.17) is 5.73 Å². The van der Waals surface area contributed by atoms with Crippen LogP contribution in [0.1, 0.15) is 17.8 Å². The van der Waals surface area contributed by atoms with Crippen LogP contribution in [0.15, 0.2) is 29.9 Å². The van der Waals surface area contributed by atoms with Crippen LogP contribution in [-0.4, -0.2) is 21.7 Å². The Morgan fingerprint density at radius 3 is 3.16 bits per heavy atom.